The molecular weight excluding hydrogens is 182 g/mol. The van der Waals surface area contributed by atoms with Crippen LogP contribution < -0.4 is 5.32 Å². The standard InChI is InChI=1S/C14H21N/c1-3-12-6-4-5-7-13(12)10-15-11-14(2)8-9-14/h4-7,15H,3,8-11H2,1-2H3. The minimum atomic E-state index is 0.612. The lowest BCUT2D eigenvalue weighted by Gasteiger charge is -2.12. The van der Waals surface area contributed by atoms with Gasteiger partial charge < -0.3 is 5.32 Å². The molecule has 0 unspecified atom stereocenters. The summed E-state index contributed by atoms with van der Waals surface area (Å²) in [6.07, 6.45) is 3.93. The SMILES string of the molecule is CCc1ccccc1CNCC1(C)CC1. The number of aryl methyl sites for hydroxylation is 1. The molecule has 0 amide bonds. The Morgan fingerprint density at radius 1 is 1.20 bits per heavy atom. The topological polar surface area (TPSA) is 12.0 Å². The van der Waals surface area contributed by atoms with Crippen molar-refractivity contribution >= 4 is 0 Å². The Hall–Kier alpha value is -0.820. The van der Waals surface area contributed by atoms with Gasteiger partial charge in [-0.3, -0.25) is 0 Å². The Bertz CT molecular complexity index is 326. The fourth-order valence-electron chi connectivity index (χ4n) is 1.96. The molecule has 1 N–H and O–H groups in total. The summed E-state index contributed by atoms with van der Waals surface area (Å²) in [7, 11) is 0. The zero-order valence-electron chi connectivity index (χ0n) is 9.84. The zero-order chi connectivity index (χ0) is 10.7. The molecule has 0 atom stereocenters. The van der Waals surface area contributed by atoms with Crippen molar-refractivity contribution in [3.05, 3.63) is 35.4 Å². The molecule has 1 aliphatic rings. The van der Waals surface area contributed by atoms with E-state index in [0.717, 1.165) is 13.0 Å². The third-order valence-electron chi connectivity index (χ3n) is 3.47. The Balaban J connectivity index is 1.86. The van der Waals surface area contributed by atoms with E-state index in [2.05, 4.69) is 43.4 Å². The van der Waals surface area contributed by atoms with E-state index in [0.29, 0.717) is 5.41 Å². The van der Waals surface area contributed by atoms with Gasteiger partial charge in [0.15, 0.2) is 0 Å². The molecule has 0 heterocycles. The molecule has 1 aliphatic carbocycles. The third kappa shape index (κ3) is 2.82. The fraction of sp³-hybridized carbons (Fsp3) is 0.571. The molecule has 1 aromatic rings. The minimum Gasteiger partial charge on any atom is -0.312 e. The second-order valence-corrected chi connectivity index (χ2v) is 5.04. The lowest BCUT2D eigenvalue weighted by Crippen LogP contribution is -2.22. The van der Waals surface area contributed by atoms with Crippen LogP contribution in [0.1, 0.15) is 37.8 Å². The predicted molar refractivity (Wildman–Crippen MR) is 64.9 cm³/mol. The van der Waals surface area contributed by atoms with E-state index in [1.54, 1.807) is 0 Å². The number of benzene rings is 1. The van der Waals surface area contributed by atoms with Gasteiger partial charge in [0.2, 0.25) is 0 Å². The third-order valence-corrected chi connectivity index (χ3v) is 3.47. The van der Waals surface area contributed by atoms with Gasteiger partial charge in [0.1, 0.15) is 0 Å². The van der Waals surface area contributed by atoms with E-state index in [1.165, 1.54) is 30.5 Å². The lowest BCUT2D eigenvalue weighted by atomic mass is 10.0. The monoisotopic (exact) mass is 203 g/mol. The highest BCUT2D eigenvalue weighted by Crippen LogP contribution is 2.44. The van der Waals surface area contributed by atoms with Gasteiger partial charge in [-0.25, -0.2) is 0 Å². The lowest BCUT2D eigenvalue weighted by molar-refractivity contribution is 0.499. The van der Waals surface area contributed by atoms with Crippen LogP contribution in [-0.4, -0.2) is 6.54 Å². The van der Waals surface area contributed by atoms with Crippen LogP contribution in [0.2, 0.25) is 0 Å². The highest BCUT2D eigenvalue weighted by atomic mass is 14.9. The van der Waals surface area contributed by atoms with Gasteiger partial charge in [-0.1, -0.05) is 38.1 Å². The van der Waals surface area contributed by atoms with Gasteiger partial charge >= 0.3 is 0 Å². The highest BCUT2D eigenvalue weighted by molar-refractivity contribution is 5.26. The summed E-state index contributed by atoms with van der Waals surface area (Å²) in [5.74, 6) is 0. The first-order valence-corrected chi connectivity index (χ1v) is 6.01. The predicted octanol–water partition coefficient (Wildman–Crippen LogP) is 3.14. The molecule has 0 saturated heterocycles. The molecule has 1 nitrogen and oxygen atoms in total. The number of hydrogen-bond donors (Lipinski definition) is 1. The van der Waals surface area contributed by atoms with Crippen LogP contribution >= 0.6 is 0 Å². The van der Waals surface area contributed by atoms with Crippen molar-refractivity contribution in [2.45, 2.75) is 39.7 Å². The summed E-state index contributed by atoms with van der Waals surface area (Å²) >= 11 is 0. The van der Waals surface area contributed by atoms with E-state index >= 15 is 0 Å². The summed E-state index contributed by atoms with van der Waals surface area (Å²) < 4.78 is 0. The van der Waals surface area contributed by atoms with E-state index in [1.807, 2.05) is 0 Å². The first-order chi connectivity index (χ1) is 7.23. The second kappa shape index (κ2) is 4.36. The van der Waals surface area contributed by atoms with E-state index in [4.69, 9.17) is 0 Å². The number of rotatable bonds is 5. The molecule has 0 radical (unpaired) electrons. The Labute approximate surface area is 92.9 Å². The number of nitrogens with one attached hydrogen (secondary N) is 1. The molecule has 0 spiro atoms. The van der Waals surface area contributed by atoms with Crippen molar-refractivity contribution < 1.29 is 0 Å². The van der Waals surface area contributed by atoms with Crippen LogP contribution in [0.25, 0.3) is 0 Å². The van der Waals surface area contributed by atoms with Crippen LogP contribution in [-0.2, 0) is 13.0 Å². The summed E-state index contributed by atoms with van der Waals surface area (Å²) in [6, 6.07) is 8.73. The number of hydrogen-bond acceptors (Lipinski definition) is 1. The molecule has 1 fully saturated rings. The maximum Gasteiger partial charge on any atom is 0.0208 e. The molecule has 15 heavy (non-hydrogen) atoms. The van der Waals surface area contributed by atoms with Gasteiger partial charge in [-0.2, -0.15) is 0 Å². The fourth-order valence-corrected chi connectivity index (χ4v) is 1.96. The Morgan fingerprint density at radius 2 is 1.87 bits per heavy atom. The van der Waals surface area contributed by atoms with Crippen molar-refractivity contribution in [2.75, 3.05) is 6.54 Å². The molecule has 0 bridgehead atoms. The summed E-state index contributed by atoms with van der Waals surface area (Å²) in [6.45, 7) is 6.79. The van der Waals surface area contributed by atoms with Crippen LogP contribution in [0.15, 0.2) is 24.3 Å². The van der Waals surface area contributed by atoms with E-state index in [9.17, 15) is 0 Å². The van der Waals surface area contributed by atoms with Gasteiger partial charge in [-0.05, 0) is 35.8 Å². The van der Waals surface area contributed by atoms with Gasteiger partial charge in [-0.15, -0.1) is 0 Å². The van der Waals surface area contributed by atoms with E-state index < -0.39 is 0 Å². The molecule has 0 aliphatic heterocycles. The van der Waals surface area contributed by atoms with Crippen molar-refractivity contribution in [3.8, 4) is 0 Å². The normalized spacial score (nSPS) is 17.7. The Kier molecular flexibility index (Phi) is 3.11. The summed E-state index contributed by atoms with van der Waals surface area (Å²) in [4.78, 5) is 0. The minimum absolute atomic E-state index is 0.612. The van der Waals surface area contributed by atoms with Gasteiger partial charge in [0.05, 0.1) is 0 Å². The quantitative estimate of drug-likeness (QED) is 0.775. The van der Waals surface area contributed by atoms with Crippen molar-refractivity contribution in [1.82, 2.24) is 5.32 Å². The smallest absolute Gasteiger partial charge is 0.0208 e. The first kappa shape index (κ1) is 10.7. The molecule has 2 rings (SSSR count). The van der Waals surface area contributed by atoms with Crippen molar-refractivity contribution in [2.24, 2.45) is 5.41 Å². The van der Waals surface area contributed by atoms with Gasteiger partial charge in [0.25, 0.3) is 0 Å². The van der Waals surface area contributed by atoms with Crippen LogP contribution in [0.4, 0.5) is 0 Å². The van der Waals surface area contributed by atoms with Crippen LogP contribution in [0.3, 0.4) is 0 Å². The molecule has 0 aromatic heterocycles. The average molecular weight is 203 g/mol. The Morgan fingerprint density at radius 3 is 2.47 bits per heavy atom. The average Bonchev–Trinajstić information content (AvgIpc) is 2.97. The summed E-state index contributed by atoms with van der Waals surface area (Å²) in [5.41, 5.74) is 3.55. The zero-order valence-corrected chi connectivity index (χ0v) is 9.84. The van der Waals surface area contributed by atoms with Crippen molar-refractivity contribution in [3.63, 3.8) is 0 Å². The van der Waals surface area contributed by atoms with Crippen LogP contribution in [0.5, 0.6) is 0 Å². The largest absolute Gasteiger partial charge is 0.312 e. The molecular formula is C14H21N. The maximum absolute atomic E-state index is 3.58. The van der Waals surface area contributed by atoms with Gasteiger partial charge in [0, 0.05) is 13.1 Å². The molecule has 1 heteroatoms. The first-order valence-electron chi connectivity index (χ1n) is 6.01. The second-order valence-electron chi connectivity index (χ2n) is 5.04. The maximum atomic E-state index is 3.58. The van der Waals surface area contributed by atoms with Crippen LogP contribution in [0, 0.1) is 5.41 Å². The molecule has 1 saturated carbocycles. The summed E-state index contributed by atoms with van der Waals surface area (Å²) in [5, 5.41) is 3.58. The van der Waals surface area contributed by atoms with E-state index in [-0.39, 0.29) is 0 Å². The van der Waals surface area contributed by atoms with Crippen molar-refractivity contribution in [1.29, 1.82) is 0 Å². The molecule has 82 valence electrons. The highest BCUT2D eigenvalue weighted by Gasteiger charge is 2.36. The molecule has 1 aromatic carbocycles.